The van der Waals surface area contributed by atoms with Crippen LogP contribution in [0.5, 0.6) is 11.5 Å². The second-order valence-corrected chi connectivity index (χ2v) is 6.92. The highest BCUT2D eigenvalue weighted by Gasteiger charge is 2.32. The van der Waals surface area contributed by atoms with Gasteiger partial charge in [0.05, 0.1) is 31.9 Å². The van der Waals surface area contributed by atoms with E-state index < -0.39 is 0 Å². The zero-order chi connectivity index (χ0) is 21.1. The molecule has 1 aliphatic rings. The van der Waals surface area contributed by atoms with Crippen molar-refractivity contribution in [3.8, 4) is 11.5 Å². The molecule has 6 heteroatoms. The Kier molecular flexibility index (Phi) is 5.39. The Bertz CT molecular complexity index is 1090. The van der Waals surface area contributed by atoms with Gasteiger partial charge in [-0.2, -0.15) is 0 Å². The number of nitrogens with zero attached hydrogens (tertiary/aromatic N) is 1. The van der Waals surface area contributed by atoms with Crippen molar-refractivity contribution < 1.29 is 19.1 Å². The molecular formula is C24H22N2O4. The Labute approximate surface area is 175 Å². The number of hydrogen-bond donors (Lipinski definition) is 1. The number of hydrogen-bond acceptors (Lipinski definition) is 4. The van der Waals surface area contributed by atoms with Gasteiger partial charge in [0, 0.05) is 17.8 Å². The molecule has 1 aliphatic heterocycles. The largest absolute Gasteiger partial charge is 0.497 e. The molecular weight excluding hydrogens is 380 g/mol. The van der Waals surface area contributed by atoms with Crippen LogP contribution in [-0.2, 0) is 13.1 Å². The number of nitrogens with one attached hydrogen (secondary N) is 1. The fourth-order valence-corrected chi connectivity index (χ4v) is 3.64. The highest BCUT2D eigenvalue weighted by molar-refractivity contribution is 6.16. The molecule has 2 amide bonds. The van der Waals surface area contributed by atoms with Gasteiger partial charge in [-0.3, -0.25) is 9.59 Å². The van der Waals surface area contributed by atoms with Gasteiger partial charge in [0.25, 0.3) is 11.8 Å². The molecule has 0 radical (unpaired) electrons. The lowest BCUT2D eigenvalue weighted by Gasteiger charge is -2.16. The third-order valence-electron chi connectivity index (χ3n) is 5.20. The Morgan fingerprint density at radius 1 is 0.967 bits per heavy atom. The monoisotopic (exact) mass is 402 g/mol. The number of benzene rings is 3. The van der Waals surface area contributed by atoms with Gasteiger partial charge >= 0.3 is 0 Å². The smallest absolute Gasteiger partial charge is 0.259 e. The van der Waals surface area contributed by atoms with Gasteiger partial charge in [0.15, 0.2) is 0 Å². The number of amides is 2. The number of rotatable bonds is 6. The highest BCUT2D eigenvalue weighted by Crippen LogP contribution is 2.31. The van der Waals surface area contributed by atoms with Crippen molar-refractivity contribution >= 4 is 17.5 Å². The Morgan fingerprint density at radius 2 is 1.73 bits per heavy atom. The average Bonchev–Trinajstić information content (AvgIpc) is 3.14. The topological polar surface area (TPSA) is 67.9 Å². The fourth-order valence-electron chi connectivity index (χ4n) is 3.64. The first kappa shape index (κ1) is 19.5. The average molecular weight is 402 g/mol. The van der Waals surface area contributed by atoms with E-state index in [0.29, 0.717) is 30.0 Å². The zero-order valence-corrected chi connectivity index (χ0v) is 16.8. The van der Waals surface area contributed by atoms with Crippen LogP contribution < -0.4 is 19.7 Å². The fraction of sp³-hybridized carbons (Fsp3) is 0.167. The molecule has 0 bridgehead atoms. The molecule has 1 N–H and O–H groups in total. The summed E-state index contributed by atoms with van der Waals surface area (Å²) in [5, 5.41) is 2.90. The molecule has 0 aromatic heterocycles. The van der Waals surface area contributed by atoms with Crippen molar-refractivity contribution in [2.75, 3.05) is 19.1 Å². The molecule has 0 saturated carbocycles. The normalized spacial score (nSPS) is 12.5. The molecule has 3 aromatic rings. The first-order chi connectivity index (χ1) is 14.6. The second kappa shape index (κ2) is 8.29. The number of ether oxygens (including phenoxy) is 2. The van der Waals surface area contributed by atoms with E-state index in [0.717, 1.165) is 22.6 Å². The van der Waals surface area contributed by atoms with Gasteiger partial charge in [0.2, 0.25) is 0 Å². The van der Waals surface area contributed by atoms with Crippen LogP contribution in [0.3, 0.4) is 0 Å². The number of carbonyl (C=O) groups excluding carboxylic acids is 2. The Morgan fingerprint density at radius 3 is 2.47 bits per heavy atom. The van der Waals surface area contributed by atoms with E-state index in [4.69, 9.17) is 9.47 Å². The van der Waals surface area contributed by atoms with Crippen LogP contribution >= 0.6 is 0 Å². The molecule has 0 unspecified atom stereocenters. The molecule has 0 atom stereocenters. The SMILES string of the molecule is COc1ccc(N2Cc3cccc(C(=O)NCc4ccccc4OC)c3C2=O)cc1. The minimum Gasteiger partial charge on any atom is -0.497 e. The lowest BCUT2D eigenvalue weighted by Crippen LogP contribution is -2.27. The predicted molar refractivity (Wildman–Crippen MR) is 114 cm³/mol. The molecule has 4 rings (SSSR count). The summed E-state index contributed by atoms with van der Waals surface area (Å²) < 4.78 is 10.5. The van der Waals surface area contributed by atoms with Crippen LogP contribution in [0.15, 0.2) is 66.7 Å². The standard InChI is InChI=1S/C24H22N2O4/c1-29-19-12-10-18(11-13-19)26-15-17-7-5-8-20(22(17)24(26)28)23(27)25-14-16-6-3-4-9-21(16)30-2/h3-13H,14-15H2,1-2H3,(H,25,27). The van der Waals surface area contributed by atoms with Crippen LogP contribution in [0.1, 0.15) is 31.8 Å². The number of carbonyl (C=O) groups is 2. The van der Waals surface area contributed by atoms with Crippen molar-refractivity contribution in [1.29, 1.82) is 0 Å². The predicted octanol–water partition coefficient (Wildman–Crippen LogP) is 3.79. The maximum atomic E-state index is 13.1. The van der Waals surface area contributed by atoms with E-state index in [2.05, 4.69) is 5.32 Å². The minimum absolute atomic E-state index is 0.182. The molecule has 152 valence electrons. The van der Waals surface area contributed by atoms with E-state index >= 15 is 0 Å². The van der Waals surface area contributed by atoms with Gasteiger partial charge in [-0.05, 0) is 42.0 Å². The Balaban J connectivity index is 1.56. The third kappa shape index (κ3) is 3.59. The van der Waals surface area contributed by atoms with Crippen molar-refractivity contribution in [3.05, 3.63) is 89.0 Å². The minimum atomic E-state index is -0.289. The zero-order valence-electron chi connectivity index (χ0n) is 16.8. The van der Waals surface area contributed by atoms with E-state index in [9.17, 15) is 9.59 Å². The summed E-state index contributed by atoms with van der Waals surface area (Å²) >= 11 is 0. The second-order valence-electron chi connectivity index (χ2n) is 6.92. The third-order valence-corrected chi connectivity index (χ3v) is 5.20. The maximum Gasteiger partial charge on any atom is 0.259 e. The molecule has 0 saturated heterocycles. The first-order valence-corrected chi connectivity index (χ1v) is 9.60. The summed E-state index contributed by atoms with van der Waals surface area (Å²) in [5.74, 6) is 0.957. The Hall–Kier alpha value is -3.80. The van der Waals surface area contributed by atoms with Crippen LogP contribution in [0, 0.1) is 0 Å². The van der Waals surface area contributed by atoms with Gasteiger partial charge < -0.3 is 19.7 Å². The lowest BCUT2D eigenvalue weighted by atomic mass is 10.0. The van der Waals surface area contributed by atoms with Gasteiger partial charge in [-0.25, -0.2) is 0 Å². The highest BCUT2D eigenvalue weighted by atomic mass is 16.5. The molecule has 0 spiro atoms. The summed E-state index contributed by atoms with van der Waals surface area (Å²) in [5.41, 5.74) is 3.29. The molecule has 30 heavy (non-hydrogen) atoms. The van der Waals surface area contributed by atoms with Crippen molar-refractivity contribution in [2.45, 2.75) is 13.1 Å². The van der Waals surface area contributed by atoms with E-state index in [1.165, 1.54) is 0 Å². The summed E-state index contributed by atoms with van der Waals surface area (Å²) in [7, 11) is 3.19. The summed E-state index contributed by atoms with van der Waals surface area (Å²) in [4.78, 5) is 27.7. The summed E-state index contributed by atoms with van der Waals surface area (Å²) in [6.07, 6.45) is 0. The number of fused-ring (bicyclic) bond motifs is 1. The summed E-state index contributed by atoms with van der Waals surface area (Å²) in [6.45, 7) is 0.733. The maximum absolute atomic E-state index is 13.1. The van der Waals surface area contributed by atoms with Gasteiger partial charge in [-0.15, -0.1) is 0 Å². The van der Waals surface area contributed by atoms with E-state index in [1.807, 2.05) is 60.7 Å². The number of anilines is 1. The molecule has 0 fully saturated rings. The van der Waals surface area contributed by atoms with Crippen molar-refractivity contribution in [1.82, 2.24) is 5.32 Å². The number of para-hydroxylation sites is 1. The molecule has 6 nitrogen and oxygen atoms in total. The summed E-state index contributed by atoms with van der Waals surface area (Å²) in [6, 6.07) is 20.2. The molecule has 0 aliphatic carbocycles. The van der Waals surface area contributed by atoms with Gasteiger partial charge in [0.1, 0.15) is 11.5 Å². The van der Waals surface area contributed by atoms with Gasteiger partial charge in [-0.1, -0.05) is 30.3 Å². The van der Waals surface area contributed by atoms with Crippen LogP contribution in [0.2, 0.25) is 0 Å². The van der Waals surface area contributed by atoms with E-state index in [1.54, 1.807) is 25.2 Å². The lowest BCUT2D eigenvalue weighted by molar-refractivity contribution is 0.0934. The molecule has 1 heterocycles. The van der Waals surface area contributed by atoms with Crippen molar-refractivity contribution in [2.24, 2.45) is 0 Å². The van der Waals surface area contributed by atoms with Crippen LogP contribution in [0.25, 0.3) is 0 Å². The number of methoxy groups -OCH3 is 2. The van der Waals surface area contributed by atoms with Crippen LogP contribution in [0.4, 0.5) is 5.69 Å². The van der Waals surface area contributed by atoms with Crippen molar-refractivity contribution in [3.63, 3.8) is 0 Å². The van der Waals surface area contributed by atoms with Crippen LogP contribution in [-0.4, -0.2) is 26.0 Å². The quantitative estimate of drug-likeness (QED) is 0.681. The van der Waals surface area contributed by atoms with E-state index in [-0.39, 0.29) is 11.8 Å². The molecule has 3 aromatic carbocycles. The first-order valence-electron chi connectivity index (χ1n) is 9.60.